The van der Waals surface area contributed by atoms with Crippen molar-refractivity contribution < 1.29 is 17.5 Å². The standard InChI is InChI=1S/C13H18ClFO3S/c1-2-5-11(10-19(14,16)17)8-18-9-12-6-3-4-7-13(12)15/h3-4,6-7,11H,2,5,8-10H2,1H3. The van der Waals surface area contributed by atoms with Gasteiger partial charge in [-0.3, -0.25) is 0 Å². The fraction of sp³-hybridized carbons (Fsp3) is 0.538. The topological polar surface area (TPSA) is 43.4 Å². The Bertz CT molecular complexity index is 490. The average molecular weight is 309 g/mol. The van der Waals surface area contributed by atoms with Gasteiger partial charge in [-0.05, 0) is 18.4 Å². The highest BCUT2D eigenvalue weighted by Crippen LogP contribution is 2.15. The number of hydrogen-bond donors (Lipinski definition) is 0. The summed E-state index contributed by atoms with van der Waals surface area (Å²) in [6, 6.07) is 6.35. The van der Waals surface area contributed by atoms with Crippen molar-refractivity contribution in [1.82, 2.24) is 0 Å². The van der Waals surface area contributed by atoms with Crippen molar-refractivity contribution in [2.45, 2.75) is 26.4 Å². The summed E-state index contributed by atoms with van der Waals surface area (Å²) in [5.41, 5.74) is 0.464. The fourth-order valence-corrected chi connectivity index (χ4v) is 3.22. The van der Waals surface area contributed by atoms with Crippen LogP contribution in [-0.4, -0.2) is 20.8 Å². The Morgan fingerprint density at radius 1 is 1.37 bits per heavy atom. The molecule has 0 aliphatic carbocycles. The molecule has 0 saturated heterocycles. The fourth-order valence-electron chi connectivity index (χ4n) is 1.86. The summed E-state index contributed by atoms with van der Waals surface area (Å²) in [7, 11) is 1.71. The second-order valence-corrected chi connectivity index (χ2v) is 7.29. The van der Waals surface area contributed by atoms with Crippen molar-refractivity contribution in [3.63, 3.8) is 0 Å². The molecule has 0 saturated carbocycles. The first-order chi connectivity index (χ1) is 8.92. The van der Waals surface area contributed by atoms with E-state index < -0.39 is 9.05 Å². The van der Waals surface area contributed by atoms with Gasteiger partial charge in [-0.2, -0.15) is 0 Å². The van der Waals surface area contributed by atoms with Crippen molar-refractivity contribution in [3.05, 3.63) is 35.6 Å². The summed E-state index contributed by atoms with van der Waals surface area (Å²) in [6.45, 7) is 2.36. The van der Waals surface area contributed by atoms with E-state index in [4.69, 9.17) is 15.4 Å². The minimum Gasteiger partial charge on any atom is -0.376 e. The van der Waals surface area contributed by atoms with Crippen LogP contribution in [0.4, 0.5) is 4.39 Å². The average Bonchev–Trinajstić information content (AvgIpc) is 2.30. The summed E-state index contributed by atoms with van der Waals surface area (Å²) >= 11 is 0. The monoisotopic (exact) mass is 308 g/mol. The largest absolute Gasteiger partial charge is 0.376 e. The zero-order valence-electron chi connectivity index (χ0n) is 10.8. The zero-order valence-corrected chi connectivity index (χ0v) is 12.4. The molecule has 0 heterocycles. The minimum atomic E-state index is -3.53. The summed E-state index contributed by atoms with van der Waals surface area (Å²) in [5.74, 6) is -0.585. The molecular formula is C13H18ClFO3S. The molecule has 1 unspecified atom stereocenters. The lowest BCUT2D eigenvalue weighted by Gasteiger charge is -2.14. The Morgan fingerprint density at radius 3 is 2.63 bits per heavy atom. The predicted octanol–water partition coefficient (Wildman–Crippen LogP) is 3.33. The molecule has 0 N–H and O–H groups in total. The highest BCUT2D eigenvalue weighted by molar-refractivity contribution is 8.13. The third kappa shape index (κ3) is 6.89. The van der Waals surface area contributed by atoms with Crippen LogP contribution in [0.15, 0.2) is 24.3 Å². The molecule has 1 atom stereocenters. The van der Waals surface area contributed by atoms with Gasteiger partial charge in [0, 0.05) is 16.2 Å². The molecule has 0 aliphatic heterocycles. The molecule has 1 rings (SSSR count). The summed E-state index contributed by atoms with van der Waals surface area (Å²) in [4.78, 5) is 0. The van der Waals surface area contributed by atoms with Crippen molar-refractivity contribution >= 4 is 19.7 Å². The maximum Gasteiger partial charge on any atom is 0.232 e. The molecule has 0 aliphatic rings. The molecule has 19 heavy (non-hydrogen) atoms. The van der Waals surface area contributed by atoms with Crippen molar-refractivity contribution in [1.29, 1.82) is 0 Å². The van der Waals surface area contributed by atoms with Gasteiger partial charge in [-0.25, -0.2) is 12.8 Å². The molecule has 1 aromatic rings. The lowest BCUT2D eigenvalue weighted by molar-refractivity contribution is 0.0883. The lowest BCUT2D eigenvalue weighted by Crippen LogP contribution is -2.18. The number of benzene rings is 1. The van der Waals surface area contributed by atoms with Crippen molar-refractivity contribution in [3.8, 4) is 0 Å². The van der Waals surface area contributed by atoms with E-state index in [1.54, 1.807) is 18.2 Å². The van der Waals surface area contributed by atoms with Crippen LogP contribution in [-0.2, 0) is 20.4 Å². The highest BCUT2D eigenvalue weighted by atomic mass is 35.7. The molecule has 0 fully saturated rings. The Labute approximate surface area is 118 Å². The van der Waals surface area contributed by atoms with Crippen LogP contribution in [0.2, 0.25) is 0 Å². The van der Waals surface area contributed by atoms with Gasteiger partial charge in [0.1, 0.15) is 5.82 Å². The SMILES string of the molecule is CCCC(COCc1ccccc1F)CS(=O)(=O)Cl. The molecule has 0 spiro atoms. The van der Waals surface area contributed by atoms with Crippen molar-refractivity contribution in [2.24, 2.45) is 5.92 Å². The van der Waals surface area contributed by atoms with Crippen LogP contribution in [0.1, 0.15) is 25.3 Å². The number of halogens is 2. The van der Waals surface area contributed by atoms with Crippen LogP contribution < -0.4 is 0 Å². The van der Waals surface area contributed by atoms with Crippen LogP contribution in [0.3, 0.4) is 0 Å². The first-order valence-electron chi connectivity index (χ1n) is 6.16. The quantitative estimate of drug-likeness (QED) is 0.692. The summed E-state index contributed by atoms with van der Waals surface area (Å²) in [6.07, 6.45) is 1.56. The van der Waals surface area contributed by atoms with E-state index in [9.17, 15) is 12.8 Å². The molecule has 0 amide bonds. The number of rotatable bonds is 8. The van der Waals surface area contributed by atoms with E-state index in [0.717, 1.165) is 6.42 Å². The molecule has 0 bridgehead atoms. The van der Waals surface area contributed by atoms with Gasteiger partial charge in [0.15, 0.2) is 0 Å². The van der Waals surface area contributed by atoms with Gasteiger partial charge in [-0.15, -0.1) is 0 Å². The van der Waals surface area contributed by atoms with Gasteiger partial charge < -0.3 is 4.74 Å². The third-order valence-corrected chi connectivity index (χ3v) is 3.95. The van der Waals surface area contributed by atoms with Gasteiger partial charge in [0.05, 0.1) is 19.0 Å². The normalized spacial score (nSPS) is 13.4. The van der Waals surface area contributed by atoms with Crippen molar-refractivity contribution in [2.75, 3.05) is 12.4 Å². The third-order valence-electron chi connectivity index (χ3n) is 2.70. The molecule has 108 valence electrons. The number of hydrogen-bond acceptors (Lipinski definition) is 3. The predicted molar refractivity (Wildman–Crippen MR) is 74.1 cm³/mol. The van der Waals surface area contributed by atoms with Crippen LogP contribution in [0.25, 0.3) is 0 Å². The van der Waals surface area contributed by atoms with E-state index in [2.05, 4.69) is 0 Å². The van der Waals surface area contributed by atoms with Crippen LogP contribution in [0, 0.1) is 11.7 Å². The smallest absolute Gasteiger partial charge is 0.232 e. The van der Waals surface area contributed by atoms with E-state index >= 15 is 0 Å². The molecule has 0 radical (unpaired) electrons. The van der Waals surface area contributed by atoms with E-state index in [-0.39, 0.29) is 30.7 Å². The summed E-state index contributed by atoms with van der Waals surface area (Å²) < 4.78 is 40.8. The molecular weight excluding hydrogens is 291 g/mol. The van der Waals surface area contributed by atoms with Gasteiger partial charge in [0.25, 0.3) is 0 Å². The maximum absolute atomic E-state index is 13.3. The van der Waals surface area contributed by atoms with Gasteiger partial charge >= 0.3 is 0 Å². The van der Waals surface area contributed by atoms with Crippen LogP contribution in [0.5, 0.6) is 0 Å². The van der Waals surface area contributed by atoms with Gasteiger partial charge in [0.2, 0.25) is 9.05 Å². The van der Waals surface area contributed by atoms with Crippen LogP contribution >= 0.6 is 10.7 Å². The first kappa shape index (κ1) is 16.4. The van der Waals surface area contributed by atoms with E-state index in [1.165, 1.54) is 6.07 Å². The number of ether oxygens (including phenoxy) is 1. The second-order valence-electron chi connectivity index (χ2n) is 4.47. The Hall–Kier alpha value is -0.650. The first-order valence-corrected chi connectivity index (χ1v) is 8.63. The Kier molecular flexibility index (Phi) is 6.75. The second kappa shape index (κ2) is 7.82. The molecule has 0 aromatic heterocycles. The maximum atomic E-state index is 13.3. The Morgan fingerprint density at radius 2 is 2.05 bits per heavy atom. The Balaban J connectivity index is 2.46. The molecule has 6 heteroatoms. The highest BCUT2D eigenvalue weighted by Gasteiger charge is 2.16. The van der Waals surface area contributed by atoms with E-state index in [1.807, 2.05) is 6.92 Å². The van der Waals surface area contributed by atoms with Gasteiger partial charge in [-0.1, -0.05) is 31.5 Å². The minimum absolute atomic E-state index is 0.111. The molecule has 1 aromatic carbocycles. The zero-order chi connectivity index (χ0) is 14.3. The molecule has 3 nitrogen and oxygen atoms in total. The van der Waals surface area contributed by atoms with E-state index in [0.29, 0.717) is 12.0 Å². The summed E-state index contributed by atoms with van der Waals surface area (Å²) in [5, 5.41) is 0. The lowest BCUT2D eigenvalue weighted by atomic mass is 10.1.